The molecule has 0 heterocycles. The van der Waals surface area contributed by atoms with Crippen LogP contribution in [0.5, 0.6) is 0 Å². The van der Waals surface area contributed by atoms with E-state index in [1.807, 2.05) is 37.3 Å². The van der Waals surface area contributed by atoms with Gasteiger partial charge < -0.3 is 10.6 Å². The summed E-state index contributed by atoms with van der Waals surface area (Å²) in [6.07, 6.45) is 0. The molecule has 0 radical (unpaired) electrons. The standard InChI is InChI=1S/C19H21ClN2O2/c1-13(15-8-4-3-5-9-15)12-21-18(23)14(2)22-19(24)16-10-6-7-11-17(16)20/h3-11,13-14H,12H2,1-2H3,(H,21,23)(H,22,24)/t13-,14+/m1/s1. The molecule has 24 heavy (non-hydrogen) atoms. The largest absolute Gasteiger partial charge is 0.354 e. The summed E-state index contributed by atoms with van der Waals surface area (Å²) in [6.45, 7) is 4.20. The molecule has 2 aromatic rings. The second-order valence-electron chi connectivity index (χ2n) is 5.73. The molecule has 0 aliphatic rings. The van der Waals surface area contributed by atoms with E-state index in [9.17, 15) is 9.59 Å². The number of hydrogen-bond donors (Lipinski definition) is 2. The number of amides is 2. The van der Waals surface area contributed by atoms with Crippen LogP contribution in [-0.2, 0) is 4.79 Å². The van der Waals surface area contributed by atoms with E-state index in [-0.39, 0.29) is 17.7 Å². The van der Waals surface area contributed by atoms with Gasteiger partial charge in [0, 0.05) is 6.54 Å². The molecule has 2 rings (SSSR count). The third kappa shape index (κ3) is 4.83. The molecule has 0 bridgehead atoms. The van der Waals surface area contributed by atoms with Gasteiger partial charge in [0.15, 0.2) is 0 Å². The lowest BCUT2D eigenvalue weighted by Gasteiger charge is -2.17. The molecule has 0 spiro atoms. The normalized spacial score (nSPS) is 13.0. The van der Waals surface area contributed by atoms with Crippen molar-refractivity contribution in [1.29, 1.82) is 0 Å². The third-order valence-corrected chi connectivity index (χ3v) is 4.14. The smallest absolute Gasteiger partial charge is 0.253 e. The van der Waals surface area contributed by atoms with Crippen molar-refractivity contribution in [1.82, 2.24) is 10.6 Å². The molecule has 5 heteroatoms. The van der Waals surface area contributed by atoms with E-state index in [2.05, 4.69) is 10.6 Å². The van der Waals surface area contributed by atoms with Crippen molar-refractivity contribution < 1.29 is 9.59 Å². The van der Waals surface area contributed by atoms with Crippen molar-refractivity contribution in [3.05, 3.63) is 70.7 Å². The summed E-state index contributed by atoms with van der Waals surface area (Å²) in [5.74, 6) is -0.390. The molecule has 126 valence electrons. The quantitative estimate of drug-likeness (QED) is 0.844. The molecule has 0 saturated carbocycles. The van der Waals surface area contributed by atoms with Crippen LogP contribution >= 0.6 is 11.6 Å². The molecule has 2 N–H and O–H groups in total. The minimum atomic E-state index is -0.642. The fourth-order valence-corrected chi connectivity index (χ4v) is 2.51. The van der Waals surface area contributed by atoms with Gasteiger partial charge in [-0.2, -0.15) is 0 Å². The molecule has 2 aromatic carbocycles. The first-order valence-corrected chi connectivity index (χ1v) is 8.25. The van der Waals surface area contributed by atoms with Gasteiger partial charge in [-0.15, -0.1) is 0 Å². The highest BCUT2D eigenvalue weighted by molar-refractivity contribution is 6.33. The maximum Gasteiger partial charge on any atom is 0.253 e. The van der Waals surface area contributed by atoms with Crippen LogP contribution in [0.1, 0.15) is 35.7 Å². The summed E-state index contributed by atoms with van der Waals surface area (Å²) < 4.78 is 0. The van der Waals surface area contributed by atoms with Gasteiger partial charge in [0.2, 0.25) is 5.91 Å². The Morgan fingerprint density at radius 3 is 2.29 bits per heavy atom. The Bertz CT molecular complexity index is 704. The van der Waals surface area contributed by atoms with Gasteiger partial charge in [-0.1, -0.05) is 61.0 Å². The van der Waals surface area contributed by atoms with Crippen molar-refractivity contribution in [2.75, 3.05) is 6.54 Å². The van der Waals surface area contributed by atoms with Crippen LogP contribution in [0.15, 0.2) is 54.6 Å². The Morgan fingerprint density at radius 2 is 1.62 bits per heavy atom. The van der Waals surface area contributed by atoms with Gasteiger partial charge in [-0.3, -0.25) is 9.59 Å². The highest BCUT2D eigenvalue weighted by Crippen LogP contribution is 2.15. The summed E-state index contributed by atoms with van der Waals surface area (Å²) in [5.41, 5.74) is 1.52. The van der Waals surface area contributed by atoms with Crippen molar-refractivity contribution in [2.24, 2.45) is 0 Å². The predicted molar refractivity (Wildman–Crippen MR) is 96.2 cm³/mol. The molecular formula is C19H21ClN2O2. The molecule has 0 aromatic heterocycles. The maximum absolute atomic E-state index is 12.2. The first kappa shape index (κ1) is 18.0. The third-order valence-electron chi connectivity index (χ3n) is 3.81. The van der Waals surface area contributed by atoms with E-state index in [1.54, 1.807) is 31.2 Å². The zero-order valence-corrected chi connectivity index (χ0v) is 14.5. The van der Waals surface area contributed by atoms with Crippen molar-refractivity contribution in [3.63, 3.8) is 0 Å². The van der Waals surface area contributed by atoms with Crippen molar-refractivity contribution in [3.8, 4) is 0 Å². The minimum Gasteiger partial charge on any atom is -0.354 e. The maximum atomic E-state index is 12.2. The summed E-state index contributed by atoms with van der Waals surface area (Å²) in [6, 6.07) is 16.1. The highest BCUT2D eigenvalue weighted by Gasteiger charge is 2.18. The molecule has 0 aliphatic heterocycles. The molecule has 0 saturated heterocycles. The number of halogens is 1. The Balaban J connectivity index is 1.86. The second-order valence-corrected chi connectivity index (χ2v) is 6.14. The highest BCUT2D eigenvalue weighted by atomic mass is 35.5. The zero-order valence-electron chi connectivity index (χ0n) is 13.8. The lowest BCUT2D eigenvalue weighted by atomic mass is 10.0. The first-order valence-electron chi connectivity index (χ1n) is 7.87. The SMILES string of the molecule is C[C@H](NC(=O)c1ccccc1Cl)C(=O)NC[C@@H](C)c1ccccc1. The van der Waals surface area contributed by atoms with Gasteiger partial charge in [0.1, 0.15) is 6.04 Å². The molecule has 0 fully saturated rings. The number of carbonyl (C=O) groups is 2. The zero-order chi connectivity index (χ0) is 17.5. The average molecular weight is 345 g/mol. The Morgan fingerprint density at radius 1 is 1.00 bits per heavy atom. The van der Waals surface area contributed by atoms with Crippen LogP contribution in [0.4, 0.5) is 0 Å². The van der Waals surface area contributed by atoms with E-state index in [0.29, 0.717) is 17.1 Å². The predicted octanol–water partition coefficient (Wildman–Crippen LogP) is 3.38. The summed E-state index contributed by atoms with van der Waals surface area (Å²) in [5, 5.41) is 5.89. The number of hydrogen-bond acceptors (Lipinski definition) is 2. The van der Waals surface area contributed by atoms with Crippen LogP contribution in [0, 0.1) is 0 Å². The lowest BCUT2D eigenvalue weighted by molar-refractivity contribution is -0.122. The Labute approximate surface area is 147 Å². The van der Waals surface area contributed by atoms with E-state index in [4.69, 9.17) is 11.6 Å². The fourth-order valence-electron chi connectivity index (χ4n) is 2.29. The molecular weight excluding hydrogens is 324 g/mol. The summed E-state index contributed by atoms with van der Waals surface area (Å²) in [7, 11) is 0. The minimum absolute atomic E-state index is 0.196. The molecule has 2 atom stereocenters. The van der Waals surface area contributed by atoms with Crippen molar-refractivity contribution in [2.45, 2.75) is 25.8 Å². The molecule has 4 nitrogen and oxygen atoms in total. The average Bonchev–Trinajstić information content (AvgIpc) is 2.60. The van der Waals surface area contributed by atoms with Gasteiger partial charge in [-0.05, 0) is 30.5 Å². The van der Waals surface area contributed by atoms with Crippen LogP contribution in [0.2, 0.25) is 5.02 Å². The van der Waals surface area contributed by atoms with E-state index in [1.165, 1.54) is 0 Å². The number of carbonyl (C=O) groups excluding carboxylic acids is 2. The summed E-state index contributed by atoms with van der Waals surface area (Å²) >= 11 is 5.99. The second kappa shape index (κ2) is 8.50. The van der Waals surface area contributed by atoms with Crippen LogP contribution < -0.4 is 10.6 Å². The van der Waals surface area contributed by atoms with Crippen molar-refractivity contribution >= 4 is 23.4 Å². The molecule has 0 aliphatic carbocycles. The lowest BCUT2D eigenvalue weighted by Crippen LogP contribution is -2.45. The Kier molecular flexibility index (Phi) is 6.38. The van der Waals surface area contributed by atoms with Crippen LogP contribution in [-0.4, -0.2) is 24.4 Å². The van der Waals surface area contributed by atoms with Gasteiger partial charge in [-0.25, -0.2) is 0 Å². The topological polar surface area (TPSA) is 58.2 Å². The Hall–Kier alpha value is -2.33. The van der Waals surface area contributed by atoms with Gasteiger partial charge in [0.25, 0.3) is 5.91 Å². The van der Waals surface area contributed by atoms with Gasteiger partial charge >= 0.3 is 0 Å². The molecule has 0 unspecified atom stereocenters. The van der Waals surface area contributed by atoms with E-state index < -0.39 is 6.04 Å². The van der Waals surface area contributed by atoms with Gasteiger partial charge in [0.05, 0.1) is 10.6 Å². The summed E-state index contributed by atoms with van der Waals surface area (Å²) in [4.78, 5) is 24.3. The number of benzene rings is 2. The van der Waals surface area contributed by atoms with E-state index >= 15 is 0 Å². The molecule has 2 amide bonds. The number of rotatable bonds is 6. The first-order chi connectivity index (χ1) is 11.5. The number of nitrogens with one attached hydrogen (secondary N) is 2. The fraction of sp³-hybridized carbons (Fsp3) is 0.263. The van der Waals surface area contributed by atoms with Crippen LogP contribution in [0.3, 0.4) is 0 Å². The van der Waals surface area contributed by atoms with Crippen LogP contribution in [0.25, 0.3) is 0 Å². The monoisotopic (exact) mass is 344 g/mol. The van der Waals surface area contributed by atoms with E-state index in [0.717, 1.165) is 5.56 Å².